The second-order valence-corrected chi connectivity index (χ2v) is 4.59. The number of halogens is 3. The Bertz CT molecular complexity index is 485. The number of nitrogens with zero attached hydrogens (tertiary/aromatic N) is 2. The fraction of sp³-hybridized carbons (Fsp3) is 0.333. The standard InChI is InChI=1S/C9H8F3N3S/c1-8(13,9(10,11)12)7-15-5-4-14-3-2-6(5)16-7/h2-4H,13H2,1H3. The van der Waals surface area contributed by atoms with Gasteiger partial charge < -0.3 is 5.73 Å². The van der Waals surface area contributed by atoms with E-state index in [2.05, 4.69) is 9.97 Å². The third-order valence-corrected chi connectivity index (χ3v) is 3.50. The molecule has 0 aliphatic heterocycles. The van der Waals surface area contributed by atoms with Gasteiger partial charge in [0.1, 0.15) is 5.01 Å². The van der Waals surface area contributed by atoms with Crippen LogP contribution in [0.5, 0.6) is 0 Å². The van der Waals surface area contributed by atoms with Gasteiger partial charge in [0.15, 0.2) is 5.54 Å². The van der Waals surface area contributed by atoms with Crippen LogP contribution in [0.1, 0.15) is 11.9 Å². The first-order valence-corrected chi connectivity index (χ1v) is 5.20. The molecule has 1 unspecified atom stereocenters. The zero-order valence-corrected chi connectivity index (χ0v) is 9.06. The number of hydrogen-bond donors (Lipinski definition) is 1. The molecule has 7 heteroatoms. The van der Waals surface area contributed by atoms with Gasteiger partial charge in [0, 0.05) is 6.20 Å². The van der Waals surface area contributed by atoms with Gasteiger partial charge >= 0.3 is 6.18 Å². The topological polar surface area (TPSA) is 51.8 Å². The van der Waals surface area contributed by atoms with Gasteiger partial charge in [0.25, 0.3) is 0 Å². The van der Waals surface area contributed by atoms with Crippen LogP contribution in [0, 0.1) is 0 Å². The van der Waals surface area contributed by atoms with Gasteiger partial charge in [-0.15, -0.1) is 11.3 Å². The van der Waals surface area contributed by atoms with Gasteiger partial charge in [-0.2, -0.15) is 13.2 Å². The maximum Gasteiger partial charge on any atom is 0.412 e. The lowest BCUT2D eigenvalue weighted by Gasteiger charge is -2.24. The Morgan fingerprint density at radius 1 is 1.38 bits per heavy atom. The van der Waals surface area contributed by atoms with Crippen molar-refractivity contribution in [2.24, 2.45) is 5.73 Å². The summed E-state index contributed by atoms with van der Waals surface area (Å²) < 4.78 is 38.7. The number of aromatic nitrogens is 2. The highest BCUT2D eigenvalue weighted by molar-refractivity contribution is 7.18. The van der Waals surface area contributed by atoms with Gasteiger partial charge in [-0.05, 0) is 13.0 Å². The van der Waals surface area contributed by atoms with Crippen LogP contribution in [-0.2, 0) is 5.54 Å². The van der Waals surface area contributed by atoms with Crippen LogP contribution < -0.4 is 5.73 Å². The number of thiazole rings is 1. The monoisotopic (exact) mass is 247 g/mol. The van der Waals surface area contributed by atoms with Gasteiger partial charge in [-0.1, -0.05) is 0 Å². The zero-order valence-electron chi connectivity index (χ0n) is 8.25. The molecule has 1 atom stereocenters. The molecular formula is C9H8F3N3S. The summed E-state index contributed by atoms with van der Waals surface area (Å²) in [5, 5.41) is -0.150. The Morgan fingerprint density at radius 3 is 2.62 bits per heavy atom. The SMILES string of the molecule is CC(N)(c1nc2cnccc2s1)C(F)(F)F. The van der Waals surface area contributed by atoms with Gasteiger partial charge in [-0.3, -0.25) is 4.98 Å². The lowest BCUT2D eigenvalue weighted by atomic mass is 10.1. The molecule has 0 aliphatic carbocycles. The number of nitrogens with two attached hydrogens (primary N) is 1. The number of hydrogen-bond acceptors (Lipinski definition) is 4. The molecule has 0 saturated heterocycles. The molecule has 86 valence electrons. The molecule has 0 spiro atoms. The molecule has 2 heterocycles. The molecule has 0 aromatic carbocycles. The summed E-state index contributed by atoms with van der Waals surface area (Å²) in [6.07, 6.45) is -1.60. The van der Waals surface area contributed by atoms with E-state index in [-0.39, 0.29) is 5.01 Å². The van der Waals surface area contributed by atoms with E-state index in [4.69, 9.17) is 5.73 Å². The van der Waals surface area contributed by atoms with Gasteiger partial charge in [-0.25, -0.2) is 4.98 Å². The summed E-state index contributed by atoms with van der Waals surface area (Å²) >= 11 is 0.935. The van der Waals surface area contributed by atoms with Crippen LogP contribution in [-0.4, -0.2) is 16.1 Å². The molecule has 0 fully saturated rings. The molecule has 0 saturated carbocycles. The minimum Gasteiger partial charge on any atom is -0.312 e. The molecule has 0 bridgehead atoms. The van der Waals surface area contributed by atoms with Crippen molar-refractivity contribution < 1.29 is 13.2 Å². The zero-order chi connectivity index (χ0) is 12.0. The van der Waals surface area contributed by atoms with E-state index in [1.807, 2.05) is 0 Å². The van der Waals surface area contributed by atoms with Crippen LogP contribution in [0.2, 0.25) is 0 Å². The van der Waals surface area contributed by atoms with Crippen molar-refractivity contribution in [3.05, 3.63) is 23.5 Å². The van der Waals surface area contributed by atoms with Crippen LogP contribution >= 0.6 is 11.3 Å². The Hall–Kier alpha value is -1.21. The van der Waals surface area contributed by atoms with Crippen molar-refractivity contribution >= 4 is 21.6 Å². The highest BCUT2D eigenvalue weighted by Crippen LogP contribution is 2.39. The second kappa shape index (κ2) is 3.39. The molecule has 2 rings (SSSR count). The smallest absolute Gasteiger partial charge is 0.312 e. The lowest BCUT2D eigenvalue weighted by molar-refractivity contribution is -0.184. The molecule has 0 aliphatic rings. The maximum atomic E-state index is 12.7. The van der Waals surface area contributed by atoms with E-state index in [9.17, 15) is 13.2 Å². The average molecular weight is 247 g/mol. The summed E-state index contributed by atoms with van der Waals surface area (Å²) in [5.74, 6) is 0. The predicted octanol–water partition coefficient (Wildman–Crippen LogP) is 2.43. The molecule has 2 N–H and O–H groups in total. The largest absolute Gasteiger partial charge is 0.412 e. The molecule has 16 heavy (non-hydrogen) atoms. The van der Waals surface area contributed by atoms with Crippen molar-refractivity contribution in [1.29, 1.82) is 0 Å². The van der Waals surface area contributed by atoms with E-state index in [0.29, 0.717) is 10.2 Å². The fourth-order valence-corrected chi connectivity index (χ4v) is 2.14. The first kappa shape index (κ1) is 11.3. The second-order valence-electron chi connectivity index (χ2n) is 3.56. The quantitative estimate of drug-likeness (QED) is 0.842. The summed E-state index contributed by atoms with van der Waals surface area (Å²) in [5.41, 5.74) is 3.30. The number of fused-ring (bicyclic) bond motifs is 1. The third kappa shape index (κ3) is 1.65. The van der Waals surface area contributed by atoms with Crippen molar-refractivity contribution in [3.8, 4) is 0 Å². The van der Waals surface area contributed by atoms with Crippen molar-refractivity contribution in [1.82, 2.24) is 9.97 Å². The van der Waals surface area contributed by atoms with Crippen LogP contribution in [0.25, 0.3) is 10.2 Å². The minimum atomic E-state index is -4.52. The first-order valence-electron chi connectivity index (χ1n) is 4.39. The van der Waals surface area contributed by atoms with E-state index >= 15 is 0 Å². The highest BCUT2D eigenvalue weighted by atomic mass is 32.1. The number of pyridine rings is 1. The normalized spacial score (nSPS) is 16.3. The molecule has 2 aromatic heterocycles. The molecule has 3 nitrogen and oxygen atoms in total. The Morgan fingerprint density at radius 2 is 2.06 bits per heavy atom. The molecule has 0 amide bonds. The Labute approximate surface area is 93.1 Å². The minimum absolute atomic E-state index is 0.150. The Kier molecular flexibility index (Phi) is 2.39. The molecular weight excluding hydrogens is 239 g/mol. The maximum absolute atomic E-state index is 12.7. The average Bonchev–Trinajstić information content (AvgIpc) is 2.59. The Balaban J connectivity index is 2.56. The highest BCUT2D eigenvalue weighted by Gasteiger charge is 2.51. The van der Waals surface area contributed by atoms with Gasteiger partial charge in [0.2, 0.25) is 0 Å². The van der Waals surface area contributed by atoms with E-state index in [1.54, 1.807) is 6.07 Å². The summed E-state index contributed by atoms with van der Waals surface area (Å²) in [4.78, 5) is 7.65. The van der Waals surface area contributed by atoms with Crippen LogP contribution in [0.3, 0.4) is 0 Å². The predicted molar refractivity (Wildman–Crippen MR) is 55.0 cm³/mol. The van der Waals surface area contributed by atoms with E-state index in [0.717, 1.165) is 18.3 Å². The summed E-state index contributed by atoms with van der Waals surface area (Å²) in [7, 11) is 0. The number of alkyl halides is 3. The van der Waals surface area contributed by atoms with Crippen LogP contribution in [0.4, 0.5) is 13.2 Å². The fourth-order valence-electron chi connectivity index (χ4n) is 1.12. The van der Waals surface area contributed by atoms with Crippen LogP contribution in [0.15, 0.2) is 18.5 Å². The van der Waals surface area contributed by atoms with E-state index in [1.165, 1.54) is 12.4 Å². The molecule has 0 radical (unpaired) electrons. The van der Waals surface area contributed by atoms with E-state index < -0.39 is 11.7 Å². The summed E-state index contributed by atoms with van der Waals surface area (Å²) in [6.45, 7) is 0.915. The third-order valence-electron chi connectivity index (χ3n) is 2.22. The molecule has 2 aromatic rings. The van der Waals surface area contributed by atoms with Crippen molar-refractivity contribution in [3.63, 3.8) is 0 Å². The first-order chi connectivity index (χ1) is 7.32. The van der Waals surface area contributed by atoms with Crippen molar-refractivity contribution in [2.45, 2.75) is 18.6 Å². The van der Waals surface area contributed by atoms with Crippen molar-refractivity contribution in [2.75, 3.05) is 0 Å². The lowest BCUT2D eigenvalue weighted by Crippen LogP contribution is -2.47. The van der Waals surface area contributed by atoms with Gasteiger partial charge in [0.05, 0.1) is 16.4 Å². The summed E-state index contributed by atoms with van der Waals surface area (Å²) in [6, 6.07) is 1.61. The number of rotatable bonds is 1.